The maximum absolute atomic E-state index is 12.8. The minimum absolute atomic E-state index is 0.00896. The van der Waals surface area contributed by atoms with Crippen LogP contribution in [-0.2, 0) is 6.54 Å². The van der Waals surface area contributed by atoms with Crippen molar-refractivity contribution < 1.29 is 9.90 Å². The Hall–Kier alpha value is -2.51. The minimum atomic E-state index is -0.427. The highest BCUT2D eigenvalue weighted by Crippen LogP contribution is 2.14. The van der Waals surface area contributed by atoms with Gasteiger partial charge in [-0.25, -0.2) is 4.98 Å². The molecule has 0 aliphatic heterocycles. The lowest BCUT2D eigenvalue weighted by Crippen LogP contribution is -2.37. The summed E-state index contributed by atoms with van der Waals surface area (Å²) in [7, 11) is 0. The van der Waals surface area contributed by atoms with E-state index in [0.717, 1.165) is 10.4 Å². The second-order valence-electron chi connectivity index (χ2n) is 5.41. The Morgan fingerprint density at radius 1 is 1.33 bits per heavy atom. The van der Waals surface area contributed by atoms with Gasteiger partial charge in [-0.15, -0.1) is 11.3 Å². The highest BCUT2D eigenvalue weighted by atomic mass is 32.1. The molecule has 0 aliphatic carbocycles. The lowest BCUT2D eigenvalue weighted by molar-refractivity contribution is 0.0705. The Morgan fingerprint density at radius 2 is 2.08 bits per heavy atom. The molecule has 2 aromatic heterocycles. The van der Waals surface area contributed by atoms with E-state index >= 15 is 0 Å². The van der Waals surface area contributed by atoms with Crippen LogP contribution in [0, 0.1) is 6.92 Å². The van der Waals surface area contributed by atoms with Crippen LogP contribution >= 0.6 is 11.3 Å². The van der Waals surface area contributed by atoms with E-state index in [2.05, 4.69) is 4.98 Å². The number of thiazole rings is 1. The Morgan fingerprint density at radius 3 is 2.79 bits per heavy atom. The molecule has 0 saturated heterocycles. The predicted octanol–water partition coefficient (Wildman–Crippen LogP) is 1.70. The summed E-state index contributed by atoms with van der Waals surface area (Å²) in [4.78, 5) is 32.5. The van der Waals surface area contributed by atoms with Crippen LogP contribution in [0.3, 0.4) is 0 Å². The molecule has 24 heavy (non-hydrogen) atoms. The van der Waals surface area contributed by atoms with Crippen molar-refractivity contribution in [1.82, 2.24) is 14.3 Å². The first-order valence-corrected chi connectivity index (χ1v) is 8.33. The monoisotopic (exact) mass is 343 g/mol. The third kappa shape index (κ3) is 3.22. The van der Waals surface area contributed by atoms with Gasteiger partial charge < -0.3 is 10.0 Å². The van der Waals surface area contributed by atoms with E-state index in [-0.39, 0.29) is 24.3 Å². The number of nitrogens with zero attached hydrogens (tertiary/aromatic N) is 3. The molecule has 0 unspecified atom stereocenters. The zero-order valence-electron chi connectivity index (χ0n) is 13.2. The Balaban J connectivity index is 1.95. The molecule has 0 bridgehead atoms. The van der Waals surface area contributed by atoms with E-state index in [0.29, 0.717) is 11.5 Å². The van der Waals surface area contributed by atoms with E-state index < -0.39 is 5.91 Å². The van der Waals surface area contributed by atoms with Gasteiger partial charge in [0.1, 0.15) is 5.56 Å². The standard InChI is InChI=1S/C17H17N3O3S/c1-12-10-20-16(23)14(9-18-17(20)24-12)15(22)19(7-8-21)11-13-5-3-2-4-6-13/h2-6,9-10,21H,7-8,11H2,1H3. The van der Waals surface area contributed by atoms with Crippen LogP contribution in [0.5, 0.6) is 0 Å². The highest BCUT2D eigenvalue weighted by Gasteiger charge is 2.21. The molecule has 1 aromatic carbocycles. The molecule has 3 aromatic rings. The van der Waals surface area contributed by atoms with Crippen LogP contribution < -0.4 is 5.56 Å². The fourth-order valence-electron chi connectivity index (χ4n) is 2.49. The van der Waals surface area contributed by atoms with E-state index in [4.69, 9.17) is 0 Å². The topological polar surface area (TPSA) is 74.9 Å². The summed E-state index contributed by atoms with van der Waals surface area (Å²) in [6.45, 7) is 2.18. The van der Waals surface area contributed by atoms with Gasteiger partial charge in [0.2, 0.25) is 0 Å². The molecule has 6 nitrogen and oxygen atoms in total. The SMILES string of the molecule is Cc1cn2c(=O)c(C(=O)N(CCO)Cc3ccccc3)cnc2s1. The van der Waals surface area contributed by atoms with E-state index in [1.165, 1.54) is 26.8 Å². The zero-order valence-corrected chi connectivity index (χ0v) is 14.0. The van der Waals surface area contributed by atoms with Crippen LogP contribution in [0.25, 0.3) is 4.96 Å². The molecule has 0 radical (unpaired) electrons. The van der Waals surface area contributed by atoms with Crippen molar-refractivity contribution in [3.8, 4) is 0 Å². The summed E-state index contributed by atoms with van der Waals surface area (Å²) in [5, 5.41) is 9.26. The van der Waals surface area contributed by atoms with Gasteiger partial charge in [0.25, 0.3) is 11.5 Å². The van der Waals surface area contributed by atoms with Gasteiger partial charge >= 0.3 is 0 Å². The van der Waals surface area contributed by atoms with Crippen molar-refractivity contribution in [1.29, 1.82) is 0 Å². The average Bonchev–Trinajstić information content (AvgIpc) is 2.97. The number of aromatic nitrogens is 2. The first kappa shape index (κ1) is 16.4. The molecule has 0 aliphatic rings. The van der Waals surface area contributed by atoms with Crippen molar-refractivity contribution in [2.75, 3.05) is 13.2 Å². The van der Waals surface area contributed by atoms with Crippen molar-refractivity contribution in [2.45, 2.75) is 13.5 Å². The van der Waals surface area contributed by atoms with Crippen molar-refractivity contribution in [2.24, 2.45) is 0 Å². The number of aliphatic hydroxyl groups is 1. The van der Waals surface area contributed by atoms with Gasteiger partial charge in [0.05, 0.1) is 6.61 Å². The summed E-state index contributed by atoms with van der Waals surface area (Å²) in [5.41, 5.74) is 0.555. The molecule has 0 atom stereocenters. The molecular weight excluding hydrogens is 326 g/mol. The smallest absolute Gasteiger partial charge is 0.271 e. The van der Waals surface area contributed by atoms with Crippen LogP contribution in [0.4, 0.5) is 0 Å². The van der Waals surface area contributed by atoms with Gasteiger partial charge in [0.15, 0.2) is 4.96 Å². The summed E-state index contributed by atoms with van der Waals surface area (Å²) >= 11 is 1.39. The van der Waals surface area contributed by atoms with Crippen LogP contribution in [0.1, 0.15) is 20.8 Å². The van der Waals surface area contributed by atoms with E-state index in [9.17, 15) is 14.7 Å². The lowest BCUT2D eigenvalue weighted by atomic mass is 10.2. The fraction of sp³-hybridized carbons (Fsp3) is 0.235. The largest absolute Gasteiger partial charge is 0.395 e. The Labute approximate surface area is 142 Å². The summed E-state index contributed by atoms with van der Waals surface area (Å²) in [6, 6.07) is 9.45. The van der Waals surface area contributed by atoms with Gasteiger partial charge in [0, 0.05) is 30.4 Å². The summed E-state index contributed by atoms with van der Waals surface area (Å²) in [6.07, 6.45) is 3.00. The third-order valence-electron chi connectivity index (χ3n) is 3.63. The molecule has 124 valence electrons. The number of aryl methyl sites for hydroxylation is 1. The predicted molar refractivity (Wildman–Crippen MR) is 92.3 cm³/mol. The third-order valence-corrected chi connectivity index (χ3v) is 4.54. The molecule has 1 amide bonds. The molecule has 7 heteroatoms. The van der Waals surface area contributed by atoms with Crippen molar-refractivity contribution in [3.05, 3.63) is 69.1 Å². The summed E-state index contributed by atoms with van der Waals surface area (Å²) in [5.74, 6) is -0.427. The maximum Gasteiger partial charge on any atom is 0.271 e. The van der Waals surface area contributed by atoms with Crippen LogP contribution in [0.15, 0.2) is 47.5 Å². The molecule has 2 heterocycles. The number of carbonyl (C=O) groups is 1. The van der Waals surface area contributed by atoms with Gasteiger partial charge in [-0.2, -0.15) is 0 Å². The lowest BCUT2D eigenvalue weighted by Gasteiger charge is -2.21. The first-order valence-electron chi connectivity index (χ1n) is 7.52. The molecule has 0 fully saturated rings. The number of fused-ring (bicyclic) bond motifs is 1. The molecule has 3 rings (SSSR count). The summed E-state index contributed by atoms with van der Waals surface area (Å²) < 4.78 is 1.40. The molecular formula is C17H17N3O3S. The minimum Gasteiger partial charge on any atom is -0.395 e. The first-order chi connectivity index (χ1) is 11.6. The second-order valence-corrected chi connectivity index (χ2v) is 6.62. The quantitative estimate of drug-likeness (QED) is 0.765. The Kier molecular flexibility index (Phi) is 4.73. The van der Waals surface area contributed by atoms with Gasteiger partial charge in [-0.05, 0) is 12.5 Å². The number of rotatable bonds is 5. The highest BCUT2D eigenvalue weighted by molar-refractivity contribution is 7.16. The molecule has 0 spiro atoms. The maximum atomic E-state index is 12.8. The number of hydrogen-bond donors (Lipinski definition) is 1. The zero-order chi connectivity index (χ0) is 17.1. The molecule has 0 saturated carbocycles. The van der Waals surface area contributed by atoms with E-state index in [1.807, 2.05) is 37.3 Å². The normalized spacial score (nSPS) is 10.9. The van der Waals surface area contributed by atoms with Crippen molar-refractivity contribution in [3.63, 3.8) is 0 Å². The van der Waals surface area contributed by atoms with Gasteiger partial charge in [-0.3, -0.25) is 14.0 Å². The Bertz CT molecular complexity index is 918. The number of hydrogen-bond acceptors (Lipinski definition) is 5. The second kappa shape index (κ2) is 6.94. The number of benzene rings is 1. The van der Waals surface area contributed by atoms with Crippen LogP contribution in [-0.4, -0.2) is 38.4 Å². The number of amides is 1. The van der Waals surface area contributed by atoms with Gasteiger partial charge in [-0.1, -0.05) is 30.3 Å². The van der Waals surface area contributed by atoms with Crippen LogP contribution in [0.2, 0.25) is 0 Å². The fourth-order valence-corrected chi connectivity index (χ4v) is 3.27. The average molecular weight is 343 g/mol. The number of aliphatic hydroxyl groups excluding tert-OH is 1. The van der Waals surface area contributed by atoms with Crippen molar-refractivity contribution >= 4 is 22.2 Å². The molecule has 1 N–H and O–H groups in total. The number of carbonyl (C=O) groups excluding carboxylic acids is 1. The van der Waals surface area contributed by atoms with E-state index in [1.54, 1.807) is 6.20 Å².